The van der Waals surface area contributed by atoms with E-state index in [1.807, 2.05) is 23.1 Å². The number of ether oxygens (including phenoxy) is 3. The highest BCUT2D eigenvalue weighted by atomic mass is 32.2. The summed E-state index contributed by atoms with van der Waals surface area (Å²) in [5.74, 6) is 0.924. The van der Waals surface area contributed by atoms with Gasteiger partial charge in [-0.2, -0.15) is 0 Å². The number of carbonyl (C=O) groups is 2. The predicted molar refractivity (Wildman–Crippen MR) is 183 cm³/mol. The summed E-state index contributed by atoms with van der Waals surface area (Å²) in [4.78, 5) is 30.3. The lowest BCUT2D eigenvalue weighted by Crippen LogP contribution is -2.52. The van der Waals surface area contributed by atoms with Gasteiger partial charge in [-0.3, -0.25) is 9.59 Å². The summed E-state index contributed by atoms with van der Waals surface area (Å²) in [7, 11) is -2.13. The van der Waals surface area contributed by atoms with Crippen LogP contribution in [0.5, 0.6) is 5.75 Å². The second-order valence-corrected chi connectivity index (χ2v) is 16.9. The molecule has 4 aliphatic heterocycles. The third kappa shape index (κ3) is 4.97. The summed E-state index contributed by atoms with van der Waals surface area (Å²) in [6.07, 6.45) is 12.0. The number of methoxy groups -OCH3 is 1. The van der Waals surface area contributed by atoms with Crippen LogP contribution in [-0.4, -0.2) is 61.3 Å². The van der Waals surface area contributed by atoms with Gasteiger partial charge in [0.15, 0.2) is 0 Å². The summed E-state index contributed by atoms with van der Waals surface area (Å²) in [6.45, 7) is 1.27. The molecule has 2 atom stereocenters. The maximum absolute atomic E-state index is 14.8. The molecule has 4 fully saturated rings. The first kappa shape index (κ1) is 31.0. The number of amides is 2. The van der Waals surface area contributed by atoms with E-state index in [0.717, 1.165) is 78.4 Å². The molecule has 2 amide bonds. The van der Waals surface area contributed by atoms with Crippen LogP contribution in [0, 0.1) is 5.41 Å². The van der Waals surface area contributed by atoms with Crippen LogP contribution < -0.4 is 9.46 Å². The molecular weight excluding hydrogens is 642 g/mol. The third-order valence-corrected chi connectivity index (χ3v) is 14.0. The Morgan fingerprint density at radius 1 is 0.939 bits per heavy atom. The first-order chi connectivity index (χ1) is 23.8. The number of rotatable bonds is 6. The molecule has 2 bridgehead atoms. The fourth-order valence-corrected chi connectivity index (χ4v) is 10.9. The molecule has 3 saturated carbocycles. The topological polar surface area (TPSA) is 116 Å². The number of nitrogens with zero attached hydrogens (tertiary/aromatic N) is 2. The molecule has 49 heavy (non-hydrogen) atoms. The molecule has 3 aromatic rings. The molecule has 11 heteroatoms. The first-order valence-corrected chi connectivity index (χ1v) is 19.5. The Kier molecular flexibility index (Phi) is 7.30. The third-order valence-electron chi connectivity index (χ3n) is 12.1. The fraction of sp³-hybridized carbons (Fsp3) is 0.526. The van der Waals surface area contributed by atoms with Gasteiger partial charge in [0, 0.05) is 34.5 Å². The Morgan fingerprint density at radius 2 is 1.67 bits per heavy atom. The van der Waals surface area contributed by atoms with Crippen molar-refractivity contribution in [2.75, 3.05) is 20.3 Å². The van der Waals surface area contributed by atoms with Crippen molar-refractivity contribution in [1.82, 2.24) is 14.2 Å². The van der Waals surface area contributed by atoms with Crippen LogP contribution in [0.3, 0.4) is 0 Å². The van der Waals surface area contributed by atoms with E-state index in [9.17, 15) is 18.0 Å². The Labute approximate surface area is 286 Å². The number of aromatic nitrogens is 1. The Morgan fingerprint density at radius 3 is 2.37 bits per heavy atom. The first-order valence-electron chi connectivity index (χ1n) is 18.0. The molecular formula is C38H43N3O7S. The monoisotopic (exact) mass is 685 g/mol. The van der Waals surface area contributed by atoms with E-state index in [1.165, 1.54) is 12.0 Å². The van der Waals surface area contributed by atoms with Gasteiger partial charge in [-0.25, -0.2) is 13.1 Å². The van der Waals surface area contributed by atoms with Crippen molar-refractivity contribution in [3.8, 4) is 17.0 Å². The average molecular weight is 686 g/mol. The molecule has 2 unspecified atom stereocenters. The van der Waals surface area contributed by atoms with Crippen LogP contribution in [0.1, 0.15) is 104 Å². The maximum Gasteiger partial charge on any atom is 0.296 e. The molecule has 10 rings (SSSR count). The highest BCUT2D eigenvalue weighted by molar-refractivity contribution is 7.90. The van der Waals surface area contributed by atoms with E-state index in [1.54, 1.807) is 19.4 Å². The van der Waals surface area contributed by atoms with Crippen LogP contribution in [0.4, 0.5) is 0 Å². The quantitative estimate of drug-likeness (QED) is 0.324. The van der Waals surface area contributed by atoms with Crippen molar-refractivity contribution < 1.29 is 32.2 Å². The Hall–Kier alpha value is -3.99. The summed E-state index contributed by atoms with van der Waals surface area (Å²) >= 11 is 0. The van der Waals surface area contributed by atoms with E-state index in [4.69, 9.17) is 14.2 Å². The zero-order chi connectivity index (χ0) is 33.5. The van der Waals surface area contributed by atoms with Gasteiger partial charge < -0.3 is 23.7 Å². The van der Waals surface area contributed by atoms with Gasteiger partial charge in [0.05, 0.1) is 29.7 Å². The highest BCUT2D eigenvalue weighted by Gasteiger charge is 2.64. The summed E-state index contributed by atoms with van der Waals surface area (Å²) in [5.41, 5.74) is 5.06. The Balaban J connectivity index is 1.20. The van der Waals surface area contributed by atoms with Crippen molar-refractivity contribution in [2.45, 2.75) is 100 Å². The molecule has 5 heterocycles. The van der Waals surface area contributed by atoms with Gasteiger partial charge in [-0.1, -0.05) is 44.6 Å². The number of fused-ring (bicyclic) bond motifs is 10. The Bertz CT molecular complexity index is 2000. The van der Waals surface area contributed by atoms with E-state index in [0.29, 0.717) is 56.4 Å². The van der Waals surface area contributed by atoms with Crippen molar-refractivity contribution in [3.63, 3.8) is 0 Å². The van der Waals surface area contributed by atoms with Gasteiger partial charge in [-0.05, 0) is 79.5 Å². The highest BCUT2D eigenvalue weighted by Crippen LogP contribution is 2.66. The van der Waals surface area contributed by atoms with Gasteiger partial charge in [0.25, 0.3) is 11.9 Å². The number of carbonyl (C=O) groups excluding carboxylic acids is 2. The molecule has 2 aromatic carbocycles. The lowest BCUT2D eigenvalue weighted by Gasteiger charge is -2.39. The van der Waals surface area contributed by atoms with Crippen molar-refractivity contribution in [1.29, 1.82) is 0 Å². The second-order valence-electron chi connectivity index (χ2n) is 15.0. The molecule has 3 aliphatic carbocycles. The van der Waals surface area contributed by atoms with Gasteiger partial charge in [0.2, 0.25) is 15.9 Å². The van der Waals surface area contributed by atoms with Crippen molar-refractivity contribution in [3.05, 3.63) is 65.2 Å². The molecule has 0 spiro atoms. The molecule has 1 saturated heterocycles. The smallest absolute Gasteiger partial charge is 0.296 e. The fourth-order valence-electron chi connectivity index (χ4n) is 9.45. The van der Waals surface area contributed by atoms with Crippen molar-refractivity contribution >= 4 is 32.7 Å². The van der Waals surface area contributed by atoms with Crippen molar-refractivity contribution in [2.24, 2.45) is 5.41 Å². The summed E-state index contributed by atoms with van der Waals surface area (Å²) in [6, 6.07) is 11.7. The van der Waals surface area contributed by atoms with Crippen LogP contribution in [-0.2, 0) is 30.8 Å². The van der Waals surface area contributed by atoms with Crippen LogP contribution in [0.15, 0.2) is 48.5 Å². The minimum atomic E-state index is -3.80. The van der Waals surface area contributed by atoms with E-state index in [-0.39, 0.29) is 17.9 Å². The number of nitrogens with one attached hydrogen (secondary N) is 1. The number of hydrogen-bond acceptors (Lipinski definition) is 7. The summed E-state index contributed by atoms with van der Waals surface area (Å²) in [5, 5.41) is 0.524. The van der Waals surface area contributed by atoms with E-state index >= 15 is 0 Å². The molecule has 1 aromatic heterocycles. The maximum atomic E-state index is 14.8. The predicted octanol–water partition coefficient (Wildman–Crippen LogP) is 6.30. The molecule has 7 aliphatic rings. The SMILES string of the molecule is COc1ccc2c(c1)C1CC1(C(=O)N1C=C3OCC1CO3)Cn1c-2c(C2CCCCC2)c2ccc(C(=O)NS(=O)(=O)C3CCCCC3)cc21. The standard InChI is InChI=1S/C38H43N3O7S/c1-46-26-13-15-28-30(17-26)31-18-38(31,37(43)40-19-33-47-20-25(40)21-48-33)22-41-32-16-24(36(42)39-49(44,45)27-10-6-3-7-11-27)12-14-29(32)34(35(28)41)23-8-4-2-5-9-23/h12-17,19,23,25,27,31H,2-11,18,20-22H2,1H3,(H,39,42). The molecule has 258 valence electrons. The van der Waals surface area contributed by atoms with E-state index < -0.39 is 26.6 Å². The van der Waals surface area contributed by atoms with Gasteiger partial charge >= 0.3 is 0 Å². The molecule has 1 N–H and O–H groups in total. The number of benzene rings is 2. The number of hydrogen-bond donors (Lipinski definition) is 1. The summed E-state index contributed by atoms with van der Waals surface area (Å²) < 4.78 is 48.2. The van der Waals surface area contributed by atoms with Gasteiger partial charge in [0.1, 0.15) is 25.0 Å². The molecule has 0 radical (unpaired) electrons. The van der Waals surface area contributed by atoms with Gasteiger partial charge in [-0.15, -0.1) is 0 Å². The lowest BCUT2D eigenvalue weighted by molar-refractivity contribution is -0.150. The van der Waals surface area contributed by atoms with E-state index in [2.05, 4.69) is 21.4 Å². The largest absolute Gasteiger partial charge is 0.497 e. The number of sulfonamides is 1. The minimum Gasteiger partial charge on any atom is -0.497 e. The zero-order valence-electron chi connectivity index (χ0n) is 27.9. The second kappa shape index (κ2) is 11.5. The van der Waals surface area contributed by atoms with Crippen LogP contribution in [0.2, 0.25) is 0 Å². The minimum absolute atomic E-state index is 0.00735. The zero-order valence-corrected chi connectivity index (χ0v) is 28.7. The average Bonchev–Trinajstić information content (AvgIpc) is 3.81. The normalized spacial score (nSPS) is 25.3. The van der Waals surface area contributed by atoms with Crippen LogP contribution >= 0.6 is 0 Å². The molecule has 10 nitrogen and oxygen atoms in total. The van der Waals surface area contributed by atoms with Crippen LogP contribution in [0.25, 0.3) is 22.2 Å². The lowest BCUT2D eigenvalue weighted by atomic mass is 9.81.